The number of benzene rings is 2. The van der Waals surface area contributed by atoms with Gasteiger partial charge in [-0.25, -0.2) is 4.79 Å². The predicted molar refractivity (Wildman–Crippen MR) is 94.6 cm³/mol. The van der Waals surface area contributed by atoms with Crippen LogP contribution in [0.1, 0.15) is 16.7 Å². The van der Waals surface area contributed by atoms with Gasteiger partial charge in [0.25, 0.3) is 0 Å². The monoisotopic (exact) mass is 330 g/mol. The summed E-state index contributed by atoms with van der Waals surface area (Å²) in [5, 5.41) is 5.56. The maximum absolute atomic E-state index is 12.0. The van der Waals surface area contributed by atoms with Crippen molar-refractivity contribution in [2.45, 2.75) is 19.2 Å². The molecule has 2 aromatic rings. The van der Waals surface area contributed by atoms with Crippen molar-refractivity contribution in [1.82, 2.24) is 10.6 Å². The van der Waals surface area contributed by atoms with Crippen LogP contribution < -0.4 is 10.6 Å². The van der Waals surface area contributed by atoms with Gasteiger partial charge in [-0.15, -0.1) is 0 Å². The third kappa shape index (κ3) is 6.24. The Morgan fingerprint density at radius 1 is 1.00 bits per heavy atom. The number of nitrogens with one attached hydrogen (secondary N) is 2. The van der Waals surface area contributed by atoms with Gasteiger partial charge in [0.05, 0.1) is 0 Å². The van der Waals surface area contributed by atoms with Crippen LogP contribution >= 0.6 is 0 Å². The Kier molecular flexibility index (Phi) is 6.81. The van der Waals surface area contributed by atoms with Crippen LogP contribution in [0.5, 0.6) is 0 Å². The third-order valence-electron chi connectivity index (χ3n) is 3.49. The zero-order valence-corrected chi connectivity index (χ0v) is 14.1. The van der Waals surface area contributed by atoms with E-state index in [-0.39, 0.29) is 6.03 Å². The fourth-order valence-electron chi connectivity index (χ4n) is 2.16. The van der Waals surface area contributed by atoms with Gasteiger partial charge >= 0.3 is 6.03 Å². The largest absolute Gasteiger partial charge is 0.337 e. The minimum absolute atomic E-state index is 0.232. The Balaban J connectivity index is 1.65. The van der Waals surface area contributed by atoms with Crippen molar-refractivity contribution in [2.24, 2.45) is 0 Å². The molecule has 0 saturated heterocycles. The number of amides is 2. The first-order chi connectivity index (χ1) is 11.1. The van der Waals surface area contributed by atoms with Crippen molar-refractivity contribution in [3.05, 3.63) is 71.3 Å². The van der Waals surface area contributed by atoms with Crippen LogP contribution in [0.4, 0.5) is 4.79 Å². The van der Waals surface area contributed by atoms with Crippen molar-refractivity contribution in [3.8, 4) is 0 Å². The van der Waals surface area contributed by atoms with E-state index in [1.807, 2.05) is 61.5 Å². The normalized spacial score (nSPS) is 11.7. The van der Waals surface area contributed by atoms with E-state index in [2.05, 4.69) is 10.6 Å². The van der Waals surface area contributed by atoms with Crippen molar-refractivity contribution in [1.29, 1.82) is 0 Å². The molecule has 2 rings (SSSR count). The zero-order valence-electron chi connectivity index (χ0n) is 13.2. The molecular weight excluding hydrogens is 308 g/mol. The molecule has 0 bridgehead atoms. The van der Waals surface area contributed by atoms with Gasteiger partial charge in [0.15, 0.2) is 0 Å². The van der Waals surface area contributed by atoms with E-state index in [9.17, 15) is 9.00 Å². The number of urea groups is 1. The van der Waals surface area contributed by atoms with Crippen LogP contribution in [-0.2, 0) is 23.1 Å². The lowest BCUT2D eigenvalue weighted by molar-refractivity contribution is 0.241. The van der Waals surface area contributed by atoms with Gasteiger partial charge < -0.3 is 10.6 Å². The van der Waals surface area contributed by atoms with E-state index in [0.717, 1.165) is 16.7 Å². The molecule has 2 aromatic carbocycles. The Labute approximate surface area is 139 Å². The first kappa shape index (κ1) is 17.2. The van der Waals surface area contributed by atoms with Gasteiger partial charge in [-0.1, -0.05) is 54.6 Å². The van der Waals surface area contributed by atoms with Gasteiger partial charge in [-0.2, -0.15) is 0 Å². The second-order valence-electron chi connectivity index (χ2n) is 5.31. The number of carbonyl (C=O) groups is 1. The molecule has 0 aliphatic rings. The summed E-state index contributed by atoms with van der Waals surface area (Å²) < 4.78 is 12.0. The molecule has 0 saturated carbocycles. The lowest BCUT2D eigenvalue weighted by atomic mass is 10.1. The molecule has 0 aliphatic heterocycles. The molecule has 0 aromatic heterocycles. The van der Waals surface area contributed by atoms with E-state index in [1.54, 1.807) is 0 Å². The highest BCUT2D eigenvalue weighted by Gasteiger charge is 2.04. The van der Waals surface area contributed by atoms with E-state index >= 15 is 0 Å². The SMILES string of the molecule is Cc1ccccc1CNC(=O)NCCS(=O)Cc1ccccc1. The maximum atomic E-state index is 12.0. The molecule has 0 radical (unpaired) electrons. The topological polar surface area (TPSA) is 58.2 Å². The number of hydrogen-bond donors (Lipinski definition) is 2. The van der Waals surface area contributed by atoms with E-state index in [4.69, 9.17) is 0 Å². The molecule has 0 heterocycles. The van der Waals surface area contributed by atoms with Crippen molar-refractivity contribution < 1.29 is 9.00 Å². The minimum Gasteiger partial charge on any atom is -0.337 e. The Hall–Kier alpha value is -2.14. The highest BCUT2D eigenvalue weighted by Crippen LogP contribution is 2.06. The summed E-state index contributed by atoms with van der Waals surface area (Å²) in [7, 11) is -0.973. The molecule has 2 N–H and O–H groups in total. The molecule has 0 fully saturated rings. The smallest absolute Gasteiger partial charge is 0.315 e. The molecule has 2 amide bonds. The van der Waals surface area contributed by atoms with Crippen LogP contribution in [0.15, 0.2) is 54.6 Å². The van der Waals surface area contributed by atoms with E-state index in [1.165, 1.54) is 0 Å². The predicted octanol–water partition coefficient (Wildman–Crippen LogP) is 2.74. The Bertz CT molecular complexity index is 659. The van der Waals surface area contributed by atoms with Crippen LogP contribution in [0.25, 0.3) is 0 Å². The highest BCUT2D eigenvalue weighted by molar-refractivity contribution is 7.84. The van der Waals surface area contributed by atoms with Crippen LogP contribution in [0.3, 0.4) is 0 Å². The van der Waals surface area contributed by atoms with E-state index < -0.39 is 10.8 Å². The van der Waals surface area contributed by atoms with Gasteiger partial charge in [-0.3, -0.25) is 4.21 Å². The average molecular weight is 330 g/mol. The fourth-order valence-corrected chi connectivity index (χ4v) is 3.20. The molecule has 1 atom stereocenters. The molecule has 5 heteroatoms. The van der Waals surface area contributed by atoms with Gasteiger partial charge in [-0.05, 0) is 23.6 Å². The first-order valence-corrected chi connectivity index (χ1v) is 9.09. The second kappa shape index (κ2) is 9.10. The van der Waals surface area contributed by atoms with Crippen LogP contribution in [-0.4, -0.2) is 22.5 Å². The summed E-state index contributed by atoms with van der Waals surface area (Å²) >= 11 is 0. The Morgan fingerprint density at radius 3 is 2.43 bits per heavy atom. The first-order valence-electron chi connectivity index (χ1n) is 7.60. The summed E-state index contributed by atoms with van der Waals surface area (Å²) in [6, 6.07) is 17.4. The molecule has 0 aliphatic carbocycles. The maximum Gasteiger partial charge on any atom is 0.315 e. The summed E-state index contributed by atoms with van der Waals surface area (Å²) in [4.78, 5) is 11.7. The average Bonchev–Trinajstić information content (AvgIpc) is 2.55. The highest BCUT2D eigenvalue weighted by atomic mass is 32.2. The fraction of sp³-hybridized carbons (Fsp3) is 0.278. The van der Waals surface area contributed by atoms with Gasteiger partial charge in [0.1, 0.15) is 0 Å². The lowest BCUT2D eigenvalue weighted by Crippen LogP contribution is -2.37. The number of rotatable bonds is 7. The zero-order chi connectivity index (χ0) is 16.5. The van der Waals surface area contributed by atoms with Gasteiger partial charge in [0.2, 0.25) is 0 Å². The number of carbonyl (C=O) groups excluding carboxylic acids is 1. The van der Waals surface area contributed by atoms with E-state index in [0.29, 0.717) is 24.6 Å². The van der Waals surface area contributed by atoms with Gasteiger partial charge in [0, 0.05) is 35.4 Å². The standard InChI is InChI=1S/C18H22N2O2S/c1-15-7-5-6-10-17(15)13-20-18(21)19-11-12-23(22)14-16-8-3-2-4-9-16/h2-10H,11-14H2,1H3,(H2,19,20,21). The summed E-state index contributed by atoms with van der Waals surface area (Å²) in [5.41, 5.74) is 3.29. The summed E-state index contributed by atoms with van der Waals surface area (Å²) in [5.74, 6) is 0.972. The van der Waals surface area contributed by atoms with Crippen LogP contribution in [0, 0.1) is 6.92 Å². The van der Waals surface area contributed by atoms with Crippen molar-refractivity contribution in [3.63, 3.8) is 0 Å². The quantitative estimate of drug-likeness (QED) is 0.820. The van der Waals surface area contributed by atoms with Crippen molar-refractivity contribution >= 4 is 16.8 Å². The number of hydrogen-bond acceptors (Lipinski definition) is 2. The third-order valence-corrected chi connectivity index (χ3v) is 4.80. The molecule has 1 unspecified atom stereocenters. The minimum atomic E-state index is -0.973. The molecule has 0 spiro atoms. The molecule has 122 valence electrons. The Morgan fingerprint density at radius 2 is 1.70 bits per heavy atom. The molecular formula is C18H22N2O2S. The second-order valence-corrected chi connectivity index (χ2v) is 6.89. The number of aryl methyl sites for hydroxylation is 1. The van der Waals surface area contributed by atoms with Crippen molar-refractivity contribution in [2.75, 3.05) is 12.3 Å². The summed E-state index contributed by atoms with van der Waals surface area (Å²) in [6.45, 7) is 2.91. The molecule has 4 nitrogen and oxygen atoms in total. The van der Waals surface area contributed by atoms with Crippen LogP contribution in [0.2, 0.25) is 0 Å². The summed E-state index contributed by atoms with van der Waals surface area (Å²) in [6.07, 6.45) is 0. The molecule has 23 heavy (non-hydrogen) atoms. The lowest BCUT2D eigenvalue weighted by Gasteiger charge is -2.09.